The average molecular weight is 280 g/mol. The Kier molecular flexibility index (Phi) is 4.70. The summed E-state index contributed by atoms with van der Waals surface area (Å²) in [5.74, 6) is 0.295. The molecule has 0 saturated carbocycles. The standard InChI is InChI=1S/C14H14F2N2O2/c1-19-12-5-4-10(7-13(12)20-14(15)16)8-18-11-3-2-6-17-9-11/h2-7,9,14,18H,8H2,1H3. The largest absolute Gasteiger partial charge is 0.493 e. The van der Waals surface area contributed by atoms with Gasteiger partial charge in [0.05, 0.1) is 12.8 Å². The van der Waals surface area contributed by atoms with E-state index in [0.29, 0.717) is 6.54 Å². The zero-order valence-electron chi connectivity index (χ0n) is 10.8. The molecule has 1 heterocycles. The Morgan fingerprint density at radius 3 is 2.75 bits per heavy atom. The van der Waals surface area contributed by atoms with Crippen LogP contribution in [-0.4, -0.2) is 18.7 Å². The van der Waals surface area contributed by atoms with Gasteiger partial charge in [-0.15, -0.1) is 0 Å². The molecule has 6 heteroatoms. The molecular formula is C14H14F2N2O2. The van der Waals surface area contributed by atoms with Gasteiger partial charge in [0.2, 0.25) is 0 Å². The number of hydrogen-bond donors (Lipinski definition) is 1. The zero-order chi connectivity index (χ0) is 14.4. The quantitative estimate of drug-likeness (QED) is 0.881. The van der Waals surface area contributed by atoms with Gasteiger partial charge in [0.25, 0.3) is 0 Å². The van der Waals surface area contributed by atoms with E-state index in [9.17, 15) is 8.78 Å². The molecule has 1 aromatic heterocycles. The van der Waals surface area contributed by atoms with E-state index < -0.39 is 6.61 Å². The number of halogens is 2. The molecule has 0 atom stereocenters. The lowest BCUT2D eigenvalue weighted by Gasteiger charge is -2.12. The van der Waals surface area contributed by atoms with Crippen LogP contribution >= 0.6 is 0 Å². The summed E-state index contributed by atoms with van der Waals surface area (Å²) in [6, 6.07) is 8.57. The summed E-state index contributed by atoms with van der Waals surface area (Å²) in [6.07, 6.45) is 3.35. The van der Waals surface area contributed by atoms with Crippen molar-refractivity contribution in [3.63, 3.8) is 0 Å². The highest BCUT2D eigenvalue weighted by Crippen LogP contribution is 2.29. The molecule has 0 saturated heterocycles. The number of aromatic nitrogens is 1. The van der Waals surface area contributed by atoms with Gasteiger partial charge in [-0.3, -0.25) is 4.98 Å². The second kappa shape index (κ2) is 6.70. The van der Waals surface area contributed by atoms with Crippen LogP contribution in [0.5, 0.6) is 11.5 Å². The molecule has 4 nitrogen and oxygen atoms in total. The Morgan fingerprint density at radius 2 is 2.10 bits per heavy atom. The monoisotopic (exact) mass is 280 g/mol. The number of methoxy groups -OCH3 is 1. The maximum absolute atomic E-state index is 12.3. The molecule has 0 radical (unpaired) electrons. The molecule has 0 unspecified atom stereocenters. The van der Waals surface area contributed by atoms with Crippen LogP contribution in [0.4, 0.5) is 14.5 Å². The highest BCUT2D eigenvalue weighted by atomic mass is 19.3. The number of alkyl halides is 2. The topological polar surface area (TPSA) is 43.4 Å². The predicted molar refractivity (Wildman–Crippen MR) is 71.2 cm³/mol. The zero-order valence-corrected chi connectivity index (χ0v) is 10.8. The summed E-state index contributed by atoms with van der Waals surface area (Å²) >= 11 is 0. The predicted octanol–water partition coefficient (Wildman–Crippen LogP) is 3.30. The summed E-state index contributed by atoms with van der Waals surface area (Å²) in [5, 5.41) is 3.13. The van der Waals surface area contributed by atoms with E-state index >= 15 is 0 Å². The normalized spacial score (nSPS) is 10.4. The van der Waals surface area contributed by atoms with E-state index in [-0.39, 0.29) is 11.5 Å². The van der Waals surface area contributed by atoms with Crippen molar-refractivity contribution in [2.24, 2.45) is 0 Å². The Labute approximate surface area is 115 Å². The Morgan fingerprint density at radius 1 is 1.25 bits per heavy atom. The molecule has 0 aliphatic carbocycles. The van der Waals surface area contributed by atoms with Crippen LogP contribution in [0.2, 0.25) is 0 Å². The van der Waals surface area contributed by atoms with Gasteiger partial charge in [-0.2, -0.15) is 8.78 Å². The third kappa shape index (κ3) is 3.81. The second-order valence-corrected chi connectivity index (χ2v) is 3.96. The minimum absolute atomic E-state index is 0.0213. The van der Waals surface area contributed by atoms with E-state index in [4.69, 9.17) is 4.74 Å². The molecule has 0 aliphatic heterocycles. The number of ether oxygens (including phenoxy) is 2. The van der Waals surface area contributed by atoms with Crippen molar-refractivity contribution in [2.75, 3.05) is 12.4 Å². The first-order valence-corrected chi connectivity index (χ1v) is 5.94. The molecule has 1 aromatic carbocycles. The summed E-state index contributed by atoms with van der Waals surface area (Å²) in [5.41, 5.74) is 1.64. The van der Waals surface area contributed by atoms with Crippen molar-refractivity contribution in [3.05, 3.63) is 48.3 Å². The van der Waals surface area contributed by atoms with E-state index in [1.807, 2.05) is 12.1 Å². The fourth-order valence-electron chi connectivity index (χ4n) is 1.69. The van der Waals surface area contributed by atoms with Gasteiger partial charge in [-0.25, -0.2) is 0 Å². The minimum Gasteiger partial charge on any atom is -0.493 e. The summed E-state index contributed by atoms with van der Waals surface area (Å²) in [4.78, 5) is 3.97. The van der Waals surface area contributed by atoms with E-state index in [1.165, 1.54) is 13.2 Å². The van der Waals surface area contributed by atoms with Crippen LogP contribution in [0.3, 0.4) is 0 Å². The first-order valence-electron chi connectivity index (χ1n) is 5.94. The maximum Gasteiger partial charge on any atom is 0.387 e. The average Bonchev–Trinajstić information content (AvgIpc) is 2.46. The first kappa shape index (κ1) is 14.0. The maximum atomic E-state index is 12.3. The molecule has 0 amide bonds. The molecule has 106 valence electrons. The van der Waals surface area contributed by atoms with Crippen molar-refractivity contribution < 1.29 is 18.3 Å². The van der Waals surface area contributed by atoms with Crippen molar-refractivity contribution in [2.45, 2.75) is 13.2 Å². The second-order valence-electron chi connectivity index (χ2n) is 3.96. The third-order valence-corrected chi connectivity index (χ3v) is 2.60. The van der Waals surface area contributed by atoms with Gasteiger partial charge in [0.1, 0.15) is 0 Å². The Balaban J connectivity index is 2.08. The van der Waals surface area contributed by atoms with Crippen molar-refractivity contribution in [1.82, 2.24) is 4.98 Å². The highest BCUT2D eigenvalue weighted by molar-refractivity contribution is 5.45. The molecule has 0 aliphatic rings. The molecule has 1 N–H and O–H groups in total. The smallest absolute Gasteiger partial charge is 0.387 e. The number of nitrogens with zero attached hydrogens (tertiary/aromatic N) is 1. The molecule has 0 fully saturated rings. The van der Waals surface area contributed by atoms with E-state index in [2.05, 4.69) is 15.0 Å². The molecule has 0 spiro atoms. The number of pyridine rings is 1. The van der Waals surface area contributed by atoms with Gasteiger partial charge in [0.15, 0.2) is 11.5 Å². The van der Waals surface area contributed by atoms with Crippen molar-refractivity contribution >= 4 is 5.69 Å². The summed E-state index contributed by atoms with van der Waals surface area (Å²) in [6.45, 7) is -2.42. The fraction of sp³-hybridized carbons (Fsp3) is 0.214. The number of nitrogens with one attached hydrogen (secondary N) is 1. The van der Waals surface area contributed by atoms with Crippen LogP contribution in [0.25, 0.3) is 0 Å². The number of benzene rings is 1. The van der Waals surface area contributed by atoms with Gasteiger partial charge in [0, 0.05) is 18.9 Å². The molecule has 20 heavy (non-hydrogen) atoms. The van der Waals surface area contributed by atoms with Crippen LogP contribution in [0, 0.1) is 0 Å². The first-order chi connectivity index (χ1) is 9.69. The van der Waals surface area contributed by atoms with Crippen molar-refractivity contribution in [3.8, 4) is 11.5 Å². The van der Waals surface area contributed by atoms with Gasteiger partial charge < -0.3 is 14.8 Å². The van der Waals surface area contributed by atoms with Gasteiger partial charge >= 0.3 is 6.61 Å². The van der Waals surface area contributed by atoms with Crippen LogP contribution in [-0.2, 0) is 6.54 Å². The highest BCUT2D eigenvalue weighted by Gasteiger charge is 2.11. The summed E-state index contributed by atoms with van der Waals surface area (Å²) in [7, 11) is 1.40. The van der Waals surface area contributed by atoms with E-state index in [1.54, 1.807) is 24.5 Å². The van der Waals surface area contributed by atoms with Crippen LogP contribution < -0.4 is 14.8 Å². The molecule has 0 bridgehead atoms. The van der Waals surface area contributed by atoms with E-state index in [0.717, 1.165) is 11.3 Å². The summed E-state index contributed by atoms with van der Waals surface area (Å²) < 4.78 is 34.0. The molecule has 2 aromatic rings. The lowest BCUT2D eigenvalue weighted by molar-refractivity contribution is -0.0512. The minimum atomic E-state index is -2.88. The SMILES string of the molecule is COc1ccc(CNc2cccnc2)cc1OC(F)F. The number of hydrogen-bond acceptors (Lipinski definition) is 4. The molecule has 2 rings (SSSR count). The lowest BCUT2D eigenvalue weighted by atomic mass is 10.2. The fourth-order valence-corrected chi connectivity index (χ4v) is 1.69. The Bertz CT molecular complexity index is 550. The van der Waals surface area contributed by atoms with Crippen molar-refractivity contribution in [1.29, 1.82) is 0 Å². The Hall–Kier alpha value is -2.37. The molecular weight excluding hydrogens is 266 g/mol. The van der Waals surface area contributed by atoms with Gasteiger partial charge in [-0.1, -0.05) is 6.07 Å². The number of anilines is 1. The van der Waals surface area contributed by atoms with Crippen LogP contribution in [0.15, 0.2) is 42.7 Å². The lowest BCUT2D eigenvalue weighted by Crippen LogP contribution is -2.05. The third-order valence-electron chi connectivity index (χ3n) is 2.60. The van der Waals surface area contributed by atoms with Gasteiger partial charge in [-0.05, 0) is 29.8 Å². The van der Waals surface area contributed by atoms with Crippen LogP contribution in [0.1, 0.15) is 5.56 Å². The number of rotatable bonds is 6.